The molecule has 1 aliphatic heterocycles. The van der Waals surface area contributed by atoms with Crippen molar-refractivity contribution in [2.75, 3.05) is 19.7 Å². The molecule has 33 heavy (non-hydrogen) atoms. The second-order valence-corrected chi connectivity index (χ2v) is 10.6. The first-order valence-corrected chi connectivity index (χ1v) is 12.6. The molecule has 2 heterocycles. The summed E-state index contributed by atoms with van der Waals surface area (Å²) in [5.41, 5.74) is 4.77. The van der Waals surface area contributed by atoms with Crippen LogP contribution in [0, 0.1) is 11.3 Å². The second-order valence-electron chi connectivity index (χ2n) is 10.6. The van der Waals surface area contributed by atoms with Gasteiger partial charge in [0.25, 0.3) is 0 Å². The van der Waals surface area contributed by atoms with Crippen LogP contribution in [-0.4, -0.2) is 35.5 Å². The summed E-state index contributed by atoms with van der Waals surface area (Å²) in [5, 5.41) is 3.34. The number of hydrogen-bond donors (Lipinski definition) is 1. The topological polar surface area (TPSA) is 54.5 Å². The van der Waals surface area contributed by atoms with Gasteiger partial charge in [-0.2, -0.15) is 0 Å². The number of rotatable bonds is 7. The number of nitrogens with one attached hydrogen (secondary N) is 1. The fourth-order valence-electron chi connectivity index (χ4n) is 5.16. The molecule has 1 aromatic heterocycles. The lowest BCUT2D eigenvalue weighted by atomic mass is 9.86. The number of carbonyl (C=O) groups is 1. The molecule has 0 saturated carbocycles. The van der Waals surface area contributed by atoms with Gasteiger partial charge in [0.1, 0.15) is 5.75 Å². The zero-order valence-corrected chi connectivity index (χ0v) is 20.7. The fraction of sp³-hybridized carbons (Fsp3) is 0.571. The second kappa shape index (κ2) is 10.3. The van der Waals surface area contributed by atoms with E-state index in [2.05, 4.69) is 34.3 Å². The summed E-state index contributed by atoms with van der Waals surface area (Å²) >= 11 is 0. The van der Waals surface area contributed by atoms with Crippen LogP contribution in [0.4, 0.5) is 0 Å². The SMILES string of the molecule is CCOc1cc2c(cc1CN1CCCC(C(NC(=O)C(C)(C)C)c3ccccn3)C1)CCC2. The molecule has 1 aromatic carbocycles. The van der Waals surface area contributed by atoms with E-state index in [1.165, 1.54) is 36.0 Å². The molecule has 1 N–H and O–H groups in total. The highest BCUT2D eigenvalue weighted by Gasteiger charge is 2.33. The van der Waals surface area contributed by atoms with Gasteiger partial charge in [0, 0.05) is 30.3 Å². The van der Waals surface area contributed by atoms with Crippen LogP contribution < -0.4 is 10.1 Å². The van der Waals surface area contributed by atoms with E-state index in [1.54, 1.807) is 0 Å². The Morgan fingerprint density at radius 2 is 2.00 bits per heavy atom. The highest BCUT2D eigenvalue weighted by Crippen LogP contribution is 2.34. The van der Waals surface area contributed by atoms with E-state index in [4.69, 9.17) is 4.74 Å². The third-order valence-corrected chi connectivity index (χ3v) is 6.96. The average Bonchev–Trinajstić information content (AvgIpc) is 3.25. The van der Waals surface area contributed by atoms with Crippen molar-refractivity contribution in [1.82, 2.24) is 15.2 Å². The minimum absolute atomic E-state index is 0.0764. The molecule has 2 aromatic rings. The number of nitrogens with zero attached hydrogens (tertiary/aromatic N) is 2. The summed E-state index contributed by atoms with van der Waals surface area (Å²) in [6.07, 6.45) is 7.62. The van der Waals surface area contributed by atoms with Gasteiger partial charge in [0.2, 0.25) is 5.91 Å². The Hall–Kier alpha value is -2.40. The van der Waals surface area contributed by atoms with E-state index < -0.39 is 5.41 Å². The van der Waals surface area contributed by atoms with Crippen molar-refractivity contribution in [3.05, 3.63) is 58.9 Å². The van der Waals surface area contributed by atoms with Gasteiger partial charge in [-0.15, -0.1) is 0 Å². The van der Waals surface area contributed by atoms with Crippen LogP contribution in [0.5, 0.6) is 5.75 Å². The molecule has 0 radical (unpaired) electrons. The van der Waals surface area contributed by atoms with Crippen molar-refractivity contribution in [2.45, 2.75) is 72.4 Å². The summed E-state index contributed by atoms with van der Waals surface area (Å²) in [6.45, 7) is 11.5. The lowest BCUT2D eigenvalue weighted by molar-refractivity contribution is -0.130. The minimum Gasteiger partial charge on any atom is -0.494 e. The molecule has 5 nitrogen and oxygen atoms in total. The van der Waals surface area contributed by atoms with Crippen molar-refractivity contribution < 1.29 is 9.53 Å². The van der Waals surface area contributed by atoms with Crippen LogP contribution in [0.3, 0.4) is 0 Å². The van der Waals surface area contributed by atoms with E-state index >= 15 is 0 Å². The Balaban J connectivity index is 1.53. The van der Waals surface area contributed by atoms with E-state index in [-0.39, 0.29) is 11.9 Å². The lowest BCUT2D eigenvalue weighted by Gasteiger charge is -2.38. The van der Waals surface area contributed by atoms with Crippen molar-refractivity contribution >= 4 is 5.91 Å². The molecular formula is C28H39N3O2. The first-order valence-electron chi connectivity index (χ1n) is 12.6. The third kappa shape index (κ3) is 5.75. The number of aromatic nitrogens is 1. The predicted molar refractivity (Wildman–Crippen MR) is 132 cm³/mol. The molecule has 4 rings (SSSR count). The highest BCUT2D eigenvalue weighted by atomic mass is 16.5. The van der Waals surface area contributed by atoms with E-state index in [1.807, 2.05) is 45.2 Å². The van der Waals surface area contributed by atoms with Crippen LogP contribution >= 0.6 is 0 Å². The first kappa shape index (κ1) is 23.7. The van der Waals surface area contributed by atoms with E-state index in [0.29, 0.717) is 12.5 Å². The maximum Gasteiger partial charge on any atom is 0.225 e. The number of amides is 1. The molecule has 1 aliphatic carbocycles. The van der Waals surface area contributed by atoms with Crippen molar-refractivity contribution in [1.29, 1.82) is 0 Å². The molecule has 0 spiro atoms. The van der Waals surface area contributed by atoms with Gasteiger partial charge in [-0.25, -0.2) is 0 Å². The molecule has 1 fully saturated rings. The molecular weight excluding hydrogens is 410 g/mol. The predicted octanol–water partition coefficient (Wildman–Crippen LogP) is 5.08. The Bertz CT molecular complexity index is 952. The number of piperidine rings is 1. The van der Waals surface area contributed by atoms with Crippen LogP contribution in [-0.2, 0) is 24.2 Å². The monoisotopic (exact) mass is 449 g/mol. The van der Waals surface area contributed by atoms with E-state index in [0.717, 1.165) is 43.9 Å². The largest absolute Gasteiger partial charge is 0.494 e. The van der Waals surface area contributed by atoms with Gasteiger partial charge in [-0.05, 0) is 80.8 Å². The van der Waals surface area contributed by atoms with E-state index in [9.17, 15) is 4.79 Å². The number of likely N-dealkylation sites (tertiary alicyclic amines) is 1. The maximum absolute atomic E-state index is 12.9. The number of fused-ring (bicyclic) bond motifs is 1. The van der Waals surface area contributed by atoms with Crippen LogP contribution in [0.1, 0.15) is 75.4 Å². The summed E-state index contributed by atoms with van der Waals surface area (Å²) in [7, 11) is 0. The Morgan fingerprint density at radius 3 is 2.70 bits per heavy atom. The molecule has 0 bridgehead atoms. The van der Waals surface area contributed by atoms with Crippen LogP contribution in [0.2, 0.25) is 0 Å². The summed E-state index contributed by atoms with van der Waals surface area (Å²) in [6, 6.07) is 10.6. The number of ether oxygens (including phenoxy) is 1. The molecule has 1 amide bonds. The zero-order valence-electron chi connectivity index (χ0n) is 20.7. The average molecular weight is 450 g/mol. The third-order valence-electron chi connectivity index (χ3n) is 6.96. The molecule has 2 atom stereocenters. The maximum atomic E-state index is 12.9. The van der Waals surface area contributed by atoms with Gasteiger partial charge < -0.3 is 10.1 Å². The normalized spacial score (nSPS) is 19.7. The number of benzene rings is 1. The summed E-state index contributed by atoms with van der Waals surface area (Å²) in [5.74, 6) is 1.44. The van der Waals surface area contributed by atoms with Crippen molar-refractivity contribution in [3.63, 3.8) is 0 Å². The minimum atomic E-state index is -0.432. The lowest BCUT2D eigenvalue weighted by Crippen LogP contribution is -2.45. The number of carbonyl (C=O) groups excluding carboxylic acids is 1. The summed E-state index contributed by atoms with van der Waals surface area (Å²) in [4.78, 5) is 20.1. The van der Waals surface area contributed by atoms with Gasteiger partial charge in [-0.3, -0.25) is 14.7 Å². The van der Waals surface area contributed by atoms with Crippen molar-refractivity contribution in [3.8, 4) is 5.75 Å². The Labute approximate surface area is 198 Å². The fourth-order valence-corrected chi connectivity index (χ4v) is 5.16. The standard InChI is InChI=1S/C28H39N3O2/c1-5-33-25-17-21-11-8-10-20(21)16-23(25)19-31-15-9-12-22(18-31)26(24-13-6-7-14-29-24)30-27(32)28(2,3)4/h6-7,13-14,16-17,22,26H,5,8-12,15,18-19H2,1-4H3,(H,30,32). The van der Waals surface area contributed by atoms with Gasteiger partial charge in [0.05, 0.1) is 18.3 Å². The van der Waals surface area contributed by atoms with Crippen LogP contribution in [0.15, 0.2) is 36.5 Å². The quantitative estimate of drug-likeness (QED) is 0.640. The number of hydrogen-bond acceptors (Lipinski definition) is 4. The number of aryl methyl sites for hydroxylation is 2. The smallest absolute Gasteiger partial charge is 0.225 e. The zero-order chi connectivity index (χ0) is 23.4. The molecule has 1 saturated heterocycles. The molecule has 5 heteroatoms. The van der Waals surface area contributed by atoms with Gasteiger partial charge in [-0.1, -0.05) is 32.9 Å². The highest BCUT2D eigenvalue weighted by molar-refractivity contribution is 5.81. The van der Waals surface area contributed by atoms with Crippen LogP contribution in [0.25, 0.3) is 0 Å². The Kier molecular flexibility index (Phi) is 7.38. The molecule has 2 unspecified atom stereocenters. The van der Waals surface area contributed by atoms with Gasteiger partial charge >= 0.3 is 0 Å². The van der Waals surface area contributed by atoms with Gasteiger partial charge in [0.15, 0.2) is 0 Å². The summed E-state index contributed by atoms with van der Waals surface area (Å²) < 4.78 is 6.04. The molecule has 178 valence electrons. The first-order chi connectivity index (χ1) is 15.8. The Morgan fingerprint density at radius 1 is 1.21 bits per heavy atom. The van der Waals surface area contributed by atoms with Crippen molar-refractivity contribution in [2.24, 2.45) is 11.3 Å². The number of pyridine rings is 1. The molecule has 2 aliphatic rings.